The summed E-state index contributed by atoms with van der Waals surface area (Å²) in [5.41, 5.74) is 2.66. The van der Waals surface area contributed by atoms with Gasteiger partial charge in [-0.25, -0.2) is 17.8 Å². The molecule has 1 aromatic heterocycles. The Labute approximate surface area is 184 Å². The number of benzene rings is 2. The molecular formula is C21H21ClFN3O2S2. The zero-order valence-corrected chi connectivity index (χ0v) is 18.8. The monoisotopic (exact) mass is 465 g/mol. The van der Waals surface area contributed by atoms with Crippen LogP contribution >= 0.6 is 22.9 Å². The summed E-state index contributed by atoms with van der Waals surface area (Å²) in [7, 11) is -3.72. The average Bonchev–Trinajstić information content (AvgIpc) is 3.20. The molecule has 0 N–H and O–H groups in total. The Kier molecular flexibility index (Phi) is 6.11. The van der Waals surface area contributed by atoms with Gasteiger partial charge in [0.05, 0.1) is 10.6 Å². The highest BCUT2D eigenvalue weighted by Crippen LogP contribution is 2.26. The number of rotatable bonds is 5. The Balaban J connectivity index is 1.42. The maximum atomic E-state index is 13.6. The van der Waals surface area contributed by atoms with Crippen LogP contribution in [0.4, 0.5) is 9.52 Å². The second-order valence-corrected chi connectivity index (χ2v) is 10.4. The van der Waals surface area contributed by atoms with Gasteiger partial charge in [0.25, 0.3) is 0 Å². The Bertz CT molecular complexity index is 1140. The van der Waals surface area contributed by atoms with Crippen LogP contribution in [0.3, 0.4) is 0 Å². The van der Waals surface area contributed by atoms with Crippen molar-refractivity contribution in [1.29, 1.82) is 0 Å². The maximum absolute atomic E-state index is 13.6. The first-order valence-corrected chi connectivity index (χ1v) is 12.2. The molecule has 0 bridgehead atoms. The van der Waals surface area contributed by atoms with Crippen LogP contribution in [-0.2, 0) is 16.4 Å². The molecule has 30 heavy (non-hydrogen) atoms. The minimum Gasteiger partial charge on any atom is -0.345 e. The number of halogens is 2. The fourth-order valence-electron chi connectivity index (χ4n) is 3.44. The highest BCUT2D eigenvalue weighted by Gasteiger charge is 2.30. The van der Waals surface area contributed by atoms with Crippen LogP contribution in [0.5, 0.6) is 0 Å². The van der Waals surface area contributed by atoms with Gasteiger partial charge in [-0.2, -0.15) is 4.31 Å². The third-order valence-electron chi connectivity index (χ3n) is 5.12. The Hall–Kier alpha value is -2.00. The van der Waals surface area contributed by atoms with E-state index in [-0.39, 0.29) is 4.90 Å². The Morgan fingerprint density at radius 2 is 1.80 bits per heavy atom. The fraction of sp³-hybridized carbons (Fsp3) is 0.286. The van der Waals surface area contributed by atoms with Gasteiger partial charge in [0.2, 0.25) is 10.0 Å². The minimum absolute atomic E-state index is 0.0375. The molecule has 158 valence electrons. The predicted octanol–water partition coefficient (Wildman–Crippen LogP) is 4.35. The normalized spacial score (nSPS) is 15.5. The van der Waals surface area contributed by atoms with E-state index in [1.54, 1.807) is 18.3 Å². The summed E-state index contributed by atoms with van der Waals surface area (Å²) in [5.74, 6) is -0.547. The zero-order chi connectivity index (χ0) is 21.3. The van der Waals surface area contributed by atoms with Crippen molar-refractivity contribution in [2.45, 2.75) is 18.2 Å². The van der Waals surface area contributed by atoms with E-state index in [0.717, 1.165) is 28.9 Å². The number of aromatic nitrogens is 1. The van der Waals surface area contributed by atoms with Gasteiger partial charge in [-0.15, -0.1) is 11.3 Å². The second-order valence-electron chi connectivity index (χ2n) is 7.23. The van der Waals surface area contributed by atoms with Crippen molar-refractivity contribution in [3.63, 3.8) is 0 Å². The van der Waals surface area contributed by atoms with Crippen molar-refractivity contribution >= 4 is 38.1 Å². The van der Waals surface area contributed by atoms with E-state index in [1.165, 1.54) is 16.4 Å². The van der Waals surface area contributed by atoms with Crippen molar-refractivity contribution in [2.75, 3.05) is 31.1 Å². The molecule has 1 aliphatic heterocycles. The van der Waals surface area contributed by atoms with Gasteiger partial charge in [0, 0.05) is 43.0 Å². The molecule has 0 radical (unpaired) electrons. The van der Waals surface area contributed by atoms with E-state index in [4.69, 9.17) is 16.6 Å². The molecule has 4 rings (SSSR count). The second kappa shape index (κ2) is 8.63. The van der Waals surface area contributed by atoms with Gasteiger partial charge >= 0.3 is 0 Å². The highest BCUT2D eigenvalue weighted by molar-refractivity contribution is 7.89. The van der Waals surface area contributed by atoms with E-state index in [0.29, 0.717) is 36.8 Å². The third kappa shape index (κ3) is 4.51. The molecule has 1 saturated heterocycles. The molecule has 0 atom stereocenters. The number of sulfonamides is 1. The van der Waals surface area contributed by atoms with E-state index in [9.17, 15) is 12.8 Å². The molecule has 0 spiro atoms. The first-order chi connectivity index (χ1) is 14.3. The minimum atomic E-state index is -3.72. The van der Waals surface area contributed by atoms with Crippen molar-refractivity contribution in [3.05, 3.63) is 75.5 Å². The van der Waals surface area contributed by atoms with Crippen molar-refractivity contribution in [2.24, 2.45) is 0 Å². The first kappa shape index (κ1) is 21.2. The van der Waals surface area contributed by atoms with Crippen LogP contribution in [0.2, 0.25) is 5.02 Å². The summed E-state index contributed by atoms with van der Waals surface area (Å²) in [6, 6.07) is 11.6. The first-order valence-electron chi connectivity index (χ1n) is 9.53. The van der Waals surface area contributed by atoms with E-state index in [2.05, 4.69) is 4.90 Å². The third-order valence-corrected chi connectivity index (χ3v) is 8.36. The average molecular weight is 466 g/mol. The Morgan fingerprint density at radius 1 is 1.10 bits per heavy atom. The summed E-state index contributed by atoms with van der Waals surface area (Å²) in [5, 5.41) is 3.63. The van der Waals surface area contributed by atoms with Crippen LogP contribution in [0.1, 0.15) is 16.8 Å². The van der Waals surface area contributed by atoms with Gasteiger partial charge < -0.3 is 4.90 Å². The number of anilines is 1. The lowest BCUT2D eigenvalue weighted by atomic mass is 10.1. The van der Waals surface area contributed by atoms with Crippen LogP contribution in [-0.4, -0.2) is 43.9 Å². The summed E-state index contributed by atoms with van der Waals surface area (Å²) >= 11 is 7.49. The van der Waals surface area contributed by atoms with Gasteiger partial charge in [-0.1, -0.05) is 29.8 Å². The fourth-order valence-corrected chi connectivity index (χ4v) is 6.11. The highest BCUT2D eigenvalue weighted by atomic mass is 35.5. The number of hydrogen-bond acceptors (Lipinski definition) is 5. The maximum Gasteiger partial charge on any atom is 0.243 e. The molecule has 0 unspecified atom stereocenters. The van der Waals surface area contributed by atoms with Gasteiger partial charge in [-0.05, 0) is 42.3 Å². The summed E-state index contributed by atoms with van der Waals surface area (Å²) in [6.07, 6.45) is 0.723. The van der Waals surface area contributed by atoms with E-state index < -0.39 is 15.8 Å². The number of hydrogen-bond donors (Lipinski definition) is 0. The van der Waals surface area contributed by atoms with Crippen LogP contribution in [0.25, 0.3) is 0 Å². The molecule has 1 fully saturated rings. The van der Waals surface area contributed by atoms with Crippen LogP contribution in [0, 0.1) is 12.7 Å². The van der Waals surface area contributed by atoms with Crippen molar-refractivity contribution < 1.29 is 12.8 Å². The topological polar surface area (TPSA) is 53.5 Å². The summed E-state index contributed by atoms with van der Waals surface area (Å²) in [6.45, 7) is 3.44. The van der Waals surface area contributed by atoms with Crippen molar-refractivity contribution in [3.8, 4) is 0 Å². The lowest BCUT2D eigenvalue weighted by Gasteiger charge is -2.34. The predicted molar refractivity (Wildman–Crippen MR) is 118 cm³/mol. The molecule has 2 heterocycles. The van der Waals surface area contributed by atoms with Crippen LogP contribution < -0.4 is 4.90 Å². The summed E-state index contributed by atoms with van der Waals surface area (Å²) < 4.78 is 40.9. The van der Waals surface area contributed by atoms with Gasteiger partial charge in [0.15, 0.2) is 5.13 Å². The number of thiazole rings is 1. The standard InChI is InChI=1S/C21H21ClFN3O2S2/c1-15-2-7-18(23)13-20(15)30(27,28)26-10-8-25(9-11-26)21-24-19(14-29-21)12-16-3-5-17(22)6-4-16/h2-7,13-14H,8-12H2,1H3. The number of aryl methyl sites for hydroxylation is 1. The van der Waals surface area contributed by atoms with Crippen molar-refractivity contribution in [1.82, 2.24) is 9.29 Å². The van der Waals surface area contributed by atoms with Crippen LogP contribution in [0.15, 0.2) is 52.7 Å². The summed E-state index contributed by atoms with van der Waals surface area (Å²) in [4.78, 5) is 6.85. The SMILES string of the molecule is Cc1ccc(F)cc1S(=O)(=O)N1CCN(c2nc(Cc3ccc(Cl)cc3)cs2)CC1. The molecule has 1 aliphatic rings. The molecule has 5 nitrogen and oxygen atoms in total. The molecule has 3 aromatic rings. The molecule has 9 heteroatoms. The zero-order valence-electron chi connectivity index (χ0n) is 16.4. The van der Waals surface area contributed by atoms with E-state index >= 15 is 0 Å². The lowest BCUT2D eigenvalue weighted by Crippen LogP contribution is -2.48. The number of piperazine rings is 1. The molecule has 0 aliphatic carbocycles. The molecule has 0 amide bonds. The van der Waals surface area contributed by atoms with Gasteiger partial charge in [0.1, 0.15) is 5.82 Å². The van der Waals surface area contributed by atoms with Gasteiger partial charge in [-0.3, -0.25) is 0 Å². The number of nitrogens with zero attached hydrogens (tertiary/aromatic N) is 3. The smallest absolute Gasteiger partial charge is 0.243 e. The quantitative estimate of drug-likeness (QED) is 0.562. The lowest BCUT2D eigenvalue weighted by molar-refractivity contribution is 0.384. The molecular weight excluding hydrogens is 445 g/mol. The Morgan fingerprint density at radius 3 is 2.50 bits per heavy atom. The molecule has 0 saturated carbocycles. The largest absolute Gasteiger partial charge is 0.345 e. The van der Waals surface area contributed by atoms with E-state index in [1.807, 2.05) is 29.6 Å². The molecule has 2 aromatic carbocycles.